The molecule has 40 heavy (non-hydrogen) atoms. The van der Waals surface area contributed by atoms with Crippen LogP contribution in [0.25, 0.3) is 0 Å². The summed E-state index contributed by atoms with van der Waals surface area (Å²) >= 11 is 1.62. The van der Waals surface area contributed by atoms with Gasteiger partial charge in [-0.3, -0.25) is 14.6 Å². The number of unbranched alkanes of at least 4 members (excludes halogenated alkanes) is 16. The monoisotopic (exact) mass is 580 g/mol. The fourth-order valence-electron chi connectivity index (χ4n) is 4.30. The Morgan fingerprint density at radius 3 is 1.60 bits per heavy atom. The second-order valence-electron chi connectivity index (χ2n) is 10.2. The fraction of sp³-hybridized carbons (Fsp3) is 0.733. The molecule has 228 valence electrons. The predicted octanol–water partition coefficient (Wildman–Crippen LogP) is 5.41. The third kappa shape index (κ3) is 20.7. The van der Waals surface area contributed by atoms with E-state index in [0.717, 1.165) is 49.4 Å². The number of hydrogen-bond donors (Lipinski definition) is 4. The van der Waals surface area contributed by atoms with Gasteiger partial charge >= 0.3 is 5.69 Å². The number of aromatic nitrogens is 4. The van der Waals surface area contributed by atoms with Crippen LogP contribution in [-0.2, 0) is 6.54 Å². The van der Waals surface area contributed by atoms with Crippen LogP contribution in [0.2, 0.25) is 0 Å². The summed E-state index contributed by atoms with van der Waals surface area (Å²) in [7, 11) is 0. The van der Waals surface area contributed by atoms with Gasteiger partial charge in [-0.05, 0) is 25.7 Å². The van der Waals surface area contributed by atoms with Gasteiger partial charge in [0.1, 0.15) is 0 Å². The van der Waals surface area contributed by atoms with Crippen LogP contribution in [-0.4, -0.2) is 48.7 Å². The standard InChI is InChI=1S/C15H26N2O3.C15H26N2O2S/c18-13-9-7-5-3-1-2-4-6-8-11-17-12-10-14(19)16-15(17)20;18-12-8-6-4-2-1-3-5-7-9-13-20-15-16-11-10-14(19)17-15/h10,12,18H,1-9,11,13H2,(H,16,19,20);10-11,18H,1-9,12-13H2,(H,16,17,19). The summed E-state index contributed by atoms with van der Waals surface area (Å²) in [6.07, 6.45) is 24.4. The second kappa shape index (κ2) is 25.8. The molecule has 0 atom stereocenters. The first-order chi connectivity index (χ1) is 19.6. The zero-order chi connectivity index (χ0) is 29.1. The quantitative estimate of drug-likeness (QED) is 0.0783. The first kappa shape index (κ1) is 35.9. The average Bonchev–Trinajstić information content (AvgIpc) is 2.94. The number of thioether (sulfide) groups is 1. The maximum Gasteiger partial charge on any atom is 0.328 e. The number of aliphatic hydroxyl groups excluding tert-OH is 2. The van der Waals surface area contributed by atoms with Gasteiger partial charge in [0.25, 0.3) is 11.1 Å². The van der Waals surface area contributed by atoms with Gasteiger partial charge in [0.15, 0.2) is 5.16 Å². The van der Waals surface area contributed by atoms with E-state index in [1.54, 1.807) is 28.7 Å². The Balaban J connectivity index is 0.000000400. The molecule has 0 fully saturated rings. The van der Waals surface area contributed by atoms with Crippen molar-refractivity contribution in [1.29, 1.82) is 0 Å². The molecule has 0 aliphatic rings. The van der Waals surface area contributed by atoms with Crippen molar-refractivity contribution < 1.29 is 10.2 Å². The molecule has 10 heteroatoms. The molecule has 0 aliphatic heterocycles. The summed E-state index contributed by atoms with van der Waals surface area (Å²) in [5, 5.41) is 18.0. The number of rotatable bonds is 23. The molecule has 2 aromatic heterocycles. The van der Waals surface area contributed by atoms with E-state index in [0.29, 0.717) is 19.8 Å². The SMILES string of the molecule is O=c1ccn(CCCCCCCCCCCO)c(=O)[nH]1.O=c1ccnc(SCCCCCCCCCCCO)[nH]1. The summed E-state index contributed by atoms with van der Waals surface area (Å²) in [5.74, 6) is 1.02. The number of nitrogens with zero attached hydrogens (tertiary/aromatic N) is 2. The van der Waals surface area contributed by atoms with E-state index >= 15 is 0 Å². The lowest BCUT2D eigenvalue weighted by atomic mass is 10.1. The van der Waals surface area contributed by atoms with E-state index in [9.17, 15) is 14.4 Å². The first-order valence-electron chi connectivity index (χ1n) is 15.3. The van der Waals surface area contributed by atoms with Crippen molar-refractivity contribution >= 4 is 11.8 Å². The molecule has 0 radical (unpaired) electrons. The van der Waals surface area contributed by atoms with Gasteiger partial charge < -0.3 is 19.8 Å². The molecule has 0 bridgehead atoms. The van der Waals surface area contributed by atoms with Crippen molar-refractivity contribution in [1.82, 2.24) is 19.5 Å². The van der Waals surface area contributed by atoms with Crippen LogP contribution < -0.4 is 16.8 Å². The summed E-state index contributed by atoms with van der Waals surface area (Å²) in [6, 6.07) is 2.82. The van der Waals surface area contributed by atoms with Crippen molar-refractivity contribution in [2.45, 2.75) is 127 Å². The van der Waals surface area contributed by atoms with Crippen LogP contribution in [0.5, 0.6) is 0 Å². The highest BCUT2D eigenvalue weighted by Gasteiger charge is 1.98. The topological polar surface area (TPSA) is 141 Å². The van der Waals surface area contributed by atoms with Gasteiger partial charge in [-0.1, -0.05) is 102 Å². The Morgan fingerprint density at radius 2 is 1.10 bits per heavy atom. The molecule has 2 rings (SSSR count). The Hall–Kier alpha value is -2.17. The zero-order valence-electron chi connectivity index (χ0n) is 24.3. The van der Waals surface area contributed by atoms with Gasteiger partial charge in [-0.15, -0.1) is 0 Å². The molecule has 0 amide bonds. The van der Waals surface area contributed by atoms with E-state index in [4.69, 9.17) is 10.2 Å². The number of nitrogens with one attached hydrogen (secondary N) is 2. The van der Waals surface area contributed by atoms with Gasteiger partial charge in [0, 0.05) is 50.0 Å². The Kier molecular flexibility index (Phi) is 23.1. The molecule has 2 aromatic rings. The predicted molar refractivity (Wildman–Crippen MR) is 164 cm³/mol. The second-order valence-corrected chi connectivity index (χ2v) is 11.3. The van der Waals surface area contributed by atoms with Crippen LogP contribution in [0.1, 0.15) is 116 Å². The maximum absolute atomic E-state index is 11.4. The fourth-order valence-corrected chi connectivity index (χ4v) is 5.15. The number of hydrogen-bond acceptors (Lipinski definition) is 7. The minimum absolute atomic E-state index is 0.0799. The van der Waals surface area contributed by atoms with E-state index in [1.807, 2.05) is 0 Å². The van der Waals surface area contributed by atoms with Crippen LogP contribution in [0, 0.1) is 0 Å². The van der Waals surface area contributed by atoms with Gasteiger partial charge in [-0.2, -0.15) is 0 Å². The Morgan fingerprint density at radius 1 is 0.625 bits per heavy atom. The molecule has 4 N–H and O–H groups in total. The van der Waals surface area contributed by atoms with E-state index in [-0.39, 0.29) is 16.8 Å². The van der Waals surface area contributed by atoms with Gasteiger partial charge in [-0.25, -0.2) is 9.78 Å². The third-order valence-electron chi connectivity index (χ3n) is 6.64. The average molecular weight is 581 g/mol. The van der Waals surface area contributed by atoms with Crippen molar-refractivity contribution in [3.63, 3.8) is 0 Å². The highest BCUT2D eigenvalue weighted by Crippen LogP contribution is 2.15. The summed E-state index contributed by atoms with van der Waals surface area (Å²) < 4.78 is 1.55. The summed E-state index contributed by atoms with van der Waals surface area (Å²) in [6.45, 7) is 1.31. The molecule has 0 aliphatic carbocycles. The highest BCUT2D eigenvalue weighted by molar-refractivity contribution is 7.99. The van der Waals surface area contributed by atoms with Crippen molar-refractivity contribution in [3.05, 3.63) is 55.7 Å². The number of H-pyrrole nitrogens is 2. The van der Waals surface area contributed by atoms with Crippen molar-refractivity contribution in [2.75, 3.05) is 19.0 Å². The summed E-state index contributed by atoms with van der Waals surface area (Å²) in [4.78, 5) is 42.5. The Labute approximate surface area is 243 Å². The molecule has 0 aromatic carbocycles. The smallest absolute Gasteiger partial charge is 0.328 e. The largest absolute Gasteiger partial charge is 0.396 e. The molecule has 0 saturated heterocycles. The molecule has 0 spiro atoms. The van der Waals surface area contributed by atoms with Gasteiger partial charge in [0.05, 0.1) is 0 Å². The maximum atomic E-state index is 11.4. The highest BCUT2D eigenvalue weighted by atomic mass is 32.2. The van der Waals surface area contributed by atoms with Gasteiger partial charge in [0.2, 0.25) is 0 Å². The molecule has 2 heterocycles. The molecule has 9 nitrogen and oxygen atoms in total. The lowest BCUT2D eigenvalue weighted by molar-refractivity contribution is 0.282. The number of aromatic amines is 2. The van der Waals surface area contributed by atoms with E-state index in [1.165, 1.54) is 89.2 Å². The van der Waals surface area contributed by atoms with Crippen LogP contribution in [0.4, 0.5) is 0 Å². The van der Waals surface area contributed by atoms with E-state index < -0.39 is 0 Å². The molecular formula is C30H52N4O5S. The lowest BCUT2D eigenvalue weighted by Gasteiger charge is -2.04. The lowest BCUT2D eigenvalue weighted by Crippen LogP contribution is -2.28. The van der Waals surface area contributed by atoms with E-state index in [2.05, 4.69) is 15.0 Å². The molecule has 0 unspecified atom stereocenters. The van der Waals surface area contributed by atoms with Crippen LogP contribution in [0.3, 0.4) is 0 Å². The number of aryl methyl sites for hydroxylation is 1. The third-order valence-corrected chi connectivity index (χ3v) is 7.62. The zero-order valence-corrected chi connectivity index (χ0v) is 25.1. The minimum Gasteiger partial charge on any atom is -0.396 e. The first-order valence-corrected chi connectivity index (χ1v) is 16.2. The van der Waals surface area contributed by atoms with Crippen LogP contribution >= 0.6 is 11.8 Å². The number of aliphatic hydroxyl groups is 2. The summed E-state index contributed by atoms with van der Waals surface area (Å²) in [5.41, 5.74) is -0.738. The van der Waals surface area contributed by atoms with Crippen LogP contribution in [0.15, 0.2) is 44.1 Å². The van der Waals surface area contributed by atoms with Crippen molar-refractivity contribution in [2.24, 2.45) is 0 Å². The molecular weight excluding hydrogens is 528 g/mol. The molecule has 0 saturated carbocycles. The normalized spacial score (nSPS) is 10.8. The van der Waals surface area contributed by atoms with Crippen molar-refractivity contribution in [3.8, 4) is 0 Å². The Bertz CT molecular complexity index is 1020. The minimum atomic E-state index is -0.340.